The Morgan fingerprint density at radius 2 is 1.75 bits per heavy atom. The predicted molar refractivity (Wildman–Crippen MR) is 67.6 cm³/mol. The molecule has 2 heteroatoms. The molecule has 0 amide bonds. The summed E-state index contributed by atoms with van der Waals surface area (Å²) < 4.78 is 0. The maximum absolute atomic E-state index is 3.82. The van der Waals surface area contributed by atoms with Crippen molar-refractivity contribution in [2.24, 2.45) is 5.92 Å². The van der Waals surface area contributed by atoms with Crippen molar-refractivity contribution in [3.63, 3.8) is 0 Å². The monoisotopic (exact) mass is 222 g/mol. The molecule has 2 bridgehead atoms. The number of fused-ring (bicyclic) bond motifs is 2. The number of hydrogen-bond acceptors (Lipinski definition) is 2. The van der Waals surface area contributed by atoms with Crippen LogP contribution in [0.3, 0.4) is 0 Å². The molecule has 2 nitrogen and oxygen atoms in total. The zero-order valence-corrected chi connectivity index (χ0v) is 10.6. The highest BCUT2D eigenvalue weighted by atomic mass is 15.2. The van der Waals surface area contributed by atoms with Crippen LogP contribution in [0.5, 0.6) is 0 Å². The third kappa shape index (κ3) is 2.14. The number of nitrogens with zero attached hydrogens (tertiary/aromatic N) is 1. The second kappa shape index (κ2) is 4.66. The van der Waals surface area contributed by atoms with Crippen molar-refractivity contribution in [1.82, 2.24) is 10.2 Å². The summed E-state index contributed by atoms with van der Waals surface area (Å²) in [7, 11) is 2.33. The van der Waals surface area contributed by atoms with E-state index in [9.17, 15) is 0 Å². The molecule has 1 N–H and O–H groups in total. The van der Waals surface area contributed by atoms with E-state index in [0.29, 0.717) is 0 Å². The van der Waals surface area contributed by atoms with Gasteiger partial charge in [-0.25, -0.2) is 0 Å². The molecule has 1 aliphatic carbocycles. The van der Waals surface area contributed by atoms with Crippen molar-refractivity contribution in [3.05, 3.63) is 0 Å². The first-order valence-corrected chi connectivity index (χ1v) is 7.28. The standard InChI is InChI=1S/C14H26N2/c1-16-13-5-6-14(16)10-12(9-13)15-8-7-11-3-2-4-11/h11-15H,2-10H2,1H3. The molecule has 2 saturated heterocycles. The van der Waals surface area contributed by atoms with Crippen LogP contribution in [-0.4, -0.2) is 36.6 Å². The third-order valence-corrected chi connectivity index (χ3v) is 5.31. The summed E-state index contributed by atoms with van der Waals surface area (Å²) in [4.78, 5) is 2.63. The SMILES string of the molecule is CN1C2CCC1CC(NCCC1CCC1)C2. The topological polar surface area (TPSA) is 15.3 Å². The minimum absolute atomic E-state index is 0.828. The Morgan fingerprint density at radius 1 is 1.06 bits per heavy atom. The lowest BCUT2D eigenvalue weighted by molar-refractivity contribution is 0.146. The fourth-order valence-electron chi connectivity index (χ4n) is 3.85. The number of rotatable bonds is 4. The molecule has 3 aliphatic rings. The first-order chi connectivity index (χ1) is 7.83. The van der Waals surface area contributed by atoms with Crippen LogP contribution in [0, 0.1) is 5.92 Å². The van der Waals surface area contributed by atoms with Gasteiger partial charge in [-0.1, -0.05) is 19.3 Å². The average Bonchev–Trinajstić information content (AvgIpc) is 2.48. The zero-order valence-electron chi connectivity index (χ0n) is 10.6. The highest BCUT2D eigenvalue weighted by Gasteiger charge is 2.38. The number of hydrogen-bond donors (Lipinski definition) is 1. The van der Waals surface area contributed by atoms with Gasteiger partial charge < -0.3 is 10.2 Å². The molecule has 0 aromatic rings. The summed E-state index contributed by atoms with van der Waals surface area (Å²) in [5.74, 6) is 1.07. The summed E-state index contributed by atoms with van der Waals surface area (Å²) in [5.41, 5.74) is 0. The Bertz CT molecular complexity index is 223. The molecule has 0 spiro atoms. The van der Waals surface area contributed by atoms with Gasteiger partial charge in [-0.05, 0) is 51.6 Å². The lowest BCUT2D eigenvalue weighted by Crippen LogP contribution is -2.47. The normalized spacial score (nSPS) is 39.9. The van der Waals surface area contributed by atoms with E-state index in [0.717, 1.165) is 24.0 Å². The van der Waals surface area contributed by atoms with Gasteiger partial charge in [0, 0.05) is 18.1 Å². The van der Waals surface area contributed by atoms with Gasteiger partial charge in [-0.15, -0.1) is 0 Å². The van der Waals surface area contributed by atoms with Crippen molar-refractivity contribution < 1.29 is 0 Å². The van der Waals surface area contributed by atoms with E-state index in [4.69, 9.17) is 0 Å². The molecule has 2 heterocycles. The Kier molecular flexibility index (Phi) is 3.21. The van der Waals surface area contributed by atoms with Crippen molar-refractivity contribution >= 4 is 0 Å². The fraction of sp³-hybridized carbons (Fsp3) is 1.00. The van der Waals surface area contributed by atoms with Crippen molar-refractivity contribution in [1.29, 1.82) is 0 Å². The molecule has 92 valence electrons. The van der Waals surface area contributed by atoms with Gasteiger partial charge in [0.05, 0.1) is 0 Å². The molecule has 1 saturated carbocycles. The van der Waals surface area contributed by atoms with Crippen molar-refractivity contribution in [2.45, 2.75) is 69.5 Å². The molecule has 0 radical (unpaired) electrons. The largest absolute Gasteiger partial charge is 0.314 e. The van der Waals surface area contributed by atoms with E-state index in [1.807, 2.05) is 0 Å². The first-order valence-electron chi connectivity index (χ1n) is 7.28. The Balaban J connectivity index is 1.39. The molecular weight excluding hydrogens is 196 g/mol. The molecular formula is C14H26N2. The van der Waals surface area contributed by atoms with Crippen LogP contribution in [0.1, 0.15) is 51.4 Å². The molecule has 2 aliphatic heterocycles. The molecule has 2 unspecified atom stereocenters. The summed E-state index contributed by atoms with van der Waals surface area (Å²) in [6.07, 6.45) is 11.6. The highest BCUT2D eigenvalue weighted by Crippen LogP contribution is 2.34. The molecule has 2 atom stereocenters. The molecule has 3 fully saturated rings. The third-order valence-electron chi connectivity index (χ3n) is 5.31. The van der Waals surface area contributed by atoms with E-state index in [-0.39, 0.29) is 0 Å². The number of nitrogens with one attached hydrogen (secondary N) is 1. The van der Waals surface area contributed by atoms with E-state index >= 15 is 0 Å². The minimum Gasteiger partial charge on any atom is -0.314 e. The van der Waals surface area contributed by atoms with E-state index in [1.54, 1.807) is 0 Å². The Morgan fingerprint density at radius 3 is 2.31 bits per heavy atom. The van der Waals surface area contributed by atoms with Gasteiger partial charge in [-0.2, -0.15) is 0 Å². The van der Waals surface area contributed by atoms with Crippen molar-refractivity contribution in [3.8, 4) is 0 Å². The van der Waals surface area contributed by atoms with Crippen molar-refractivity contribution in [2.75, 3.05) is 13.6 Å². The molecule has 0 aromatic heterocycles. The molecule has 0 aromatic carbocycles. The molecule has 3 rings (SSSR count). The lowest BCUT2D eigenvalue weighted by Gasteiger charge is -2.37. The second-order valence-electron chi connectivity index (χ2n) is 6.26. The summed E-state index contributed by atoms with van der Waals surface area (Å²) >= 11 is 0. The smallest absolute Gasteiger partial charge is 0.0111 e. The fourth-order valence-corrected chi connectivity index (χ4v) is 3.85. The van der Waals surface area contributed by atoms with Gasteiger partial charge in [0.25, 0.3) is 0 Å². The highest BCUT2D eigenvalue weighted by molar-refractivity contribution is 4.95. The maximum Gasteiger partial charge on any atom is 0.0111 e. The van der Waals surface area contributed by atoms with Crippen LogP contribution in [0.25, 0.3) is 0 Å². The first kappa shape index (κ1) is 11.0. The van der Waals surface area contributed by atoms with Crippen LogP contribution in [0.2, 0.25) is 0 Å². The average molecular weight is 222 g/mol. The Hall–Kier alpha value is -0.0800. The van der Waals surface area contributed by atoms with Crippen LogP contribution in [0.4, 0.5) is 0 Å². The Labute approximate surface area is 99.8 Å². The quantitative estimate of drug-likeness (QED) is 0.786. The summed E-state index contributed by atoms with van der Waals surface area (Å²) in [6, 6.07) is 2.61. The van der Waals surface area contributed by atoms with E-state index < -0.39 is 0 Å². The van der Waals surface area contributed by atoms with E-state index in [1.165, 1.54) is 57.9 Å². The summed E-state index contributed by atoms with van der Waals surface area (Å²) in [6.45, 7) is 1.28. The van der Waals surface area contributed by atoms with Crippen LogP contribution in [-0.2, 0) is 0 Å². The van der Waals surface area contributed by atoms with Crippen LogP contribution < -0.4 is 5.32 Å². The number of piperidine rings is 1. The molecule has 16 heavy (non-hydrogen) atoms. The van der Waals surface area contributed by atoms with Gasteiger partial charge >= 0.3 is 0 Å². The van der Waals surface area contributed by atoms with Gasteiger partial charge in [0.1, 0.15) is 0 Å². The second-order valence-corrected chi connectivity index (χ2v) is 6.26. The van der Waals surface area contributed by atoms with Crippen LogP contribution >= 0.6 is 0 Å². The lowest BCUT2D eigenvalue weighted by atomic mass is 9.83. The predicted octanol–water partition coefficient (Wildman–Crippen LogP) is 2.39. The van der Waals surface area contributed by atoms with Gasteiger partial charge in [-0.3, -0.25) is 0 Å². The van der Waals surface area contributed by atoms with E-state index in [2.05, 4.69) is 17.3 Å². The van der Waals surface area contributed by atoms with Gasteiger partial charge in [0.2, 0.25) is 0 Å². The van der Waals surface area contributed by atoms with Gasteiger partial charge in [0.15, 0.2) is 0 Å². The summed E-state index contributed by atoms with van der Waals surface area (Å²) in [5, 5.41) is 3.82. The minimum atomic E-state index is 0.828. The van der Waals surface area contributed by atoms with Crippen LogP contribution in [0.15, 0.2) is 0 Å². The zero-order chi connectivity index (χ0) is 11.0. The maximum atomic E-state index is 3.82.